The van der Waals surface area contributed by atoms with Gasteiger partial charge in [0.1, 0.15) is 0 Å². The first kappa shape index (κ1) is 10.4. The highest BCUT2D eigenvalue weighted by Crippen LogP contribution is 2.48. The molecule has 1 atom stereocenters. The largest absolute Gasteiger partial charge is 0.393 e. The molecule has 1 heterocycles. The number of esters is 2. The van der Waals surface area contributed by atoms with Crippen LogP contribution < -0.4 is 0 Å². The highest BCUT2D eigenvalue weighted by atomic mass is 16.6. The summed E-state index contributed by atoms with van der Waals surface area (Å²) in [6.07, 6.45) is 6.95. The van der Waals surface area contributed by atoms with E-state index in [9.17, 15) is 9.59 Å². The van der Waals surface area contributed by atoms with E-state index >= 15 is 0 Å². The van der Waals surface area contributed by atoms with E-state index in [0.29, 0.717) is 12.3 Å². The van der Waals surface area contributed by atoms with E-state index in [0.717, 1.165) is 25.7 Å². The molecule has 1 aliphatic carbocycles. The Morgan fingerprint density at radius 2 is 2.07 bits per heavy atom. The van der Waals surface area contributed by atoms with Crippen molar-refractivity contribution < 1.29 is 14.3 Å². The first-order valence-corrected chi connectivity index (χ1v) is 5.55. The second-order valence-electron chi connectivity index (χ2n) is 4.57. The molecule has 0 radical (unpaired) electrons. The Morgan fingerprint density at radius 3 is 2.53 bits per heavy atom. The molecule has 2 aliphatic rings. The highest BCUT2D eigenvalue weighted by Gasteiger charge is 2.53. The molecule has 82 valence electrons. The fourth-order valence-electron chi connectivity index (χ4n) is 2.94. The summed E-state index contributed by atoms with van der Waals surface area (Å²) < 4.78 is 4.72. The molecule has 1 saturated heterocycles. The molecular weight excluding hydrogens is 192 g/mol. The minimum Gasteiger partial charge on any atom is -0.393 e. The molecular formula is C12H16O3. The van der Waals surface area contributed by atoms with Crippen LogP contribution in [0.25, 0.3) is 0 Å². The zero-order valence-electron chi connectivity index (χ0n) is 8.83. The van der Waals surface area contributed by atoms with Crippen molar-refractivity contribution >= 4 is 11.9 Å². The SMILES string of the molecule is C=CCC1(C2CCCC2)CC(=O)OC1=O. The van der Waals surface area contributed by atoms with Crippen LogP contribution in [0.4, 0.5) is 0 Å². The Bertz CT molecular complexity index is 302. The quantitative estimate of drug-likeness (QED) is 0.406. The van der Waals surface area contributed by atoms with Gasteiger partial charge in [0, 0.05) is 0 Å². The average molecular weight is 208 g/mol. The second-order valence-corrected chi connectivity index (χ2v) is 4.57. The summed E-state index contributed by atoms with van der Waals surface area (Å²) in [5.74, 6) is -0.373. The minimum atomic E-state index is -0.574. The van der Waals surface area contributed by atoms with E-state index in [1.54, 1.807) is 6.08 Å². The van der Waals surface area contributed by atoms with Gasteiger partial charge in [-0.1, -0.05) is 18.9 Å². The van der Waals surface area contributed by atoms with E-state index in [1.165, 1.54) is 0 Å². The maximum absolute atomic E-state index is 11.8. The van der Waals surface area contributed by atoms with Crippen LogP contribution >= 0.6 is 0 Å². The number of allylic oxidation sites excluding steroid dienone is 1. The number of cyclic esters (lactones) is 2. The predicted molar refractivity (Wildman–Crippen MR) is 54.9 cm³/mol. The van der Waals surface area contributed by atoms with Crippen molar-refractivity contribution in [3.05, 3.63) is 12.7 Å². The molecule has 3 heteroatoms. The highest BCUT2D eigenvalue weighted by molar-refractivity contribution is 5.97. The molecule has 0 spiro atoms. The summed E-state index contributed by atoms with van der Waals surface area (Å²) in [7, 11) is 0. The van der Waals surface area contributed by atoms with Gasteiger partial charge in [-0.2, -0.15) is 0 Å². The van der Waals surface area contributed by atoms with Gasteiger partial charge in [0.25, 0.3) is 0 Å². The molecule has 2 rings (SSSR count). The van der Waals surface area contributed by atoms with Crippen molar-refractivity contribution in [3.63, 3.8) is 0 Å². The van der Waals surface area contributed by atoms with Gasteiger partial charge in [0.2, 0.25) is 0 Å². The van der Waals surface area contributed by atoms with Gasteiger partial charge >= 0.3 is 11.9 Å². The zero-order chi connectivity index (χ0) is 10.9. The van der Waals surface area contributed by atoms with Gasteiger partial charge in [-0.3, -0.25) is 9.59 Å². The van der Waals surface area contributed by atoms with E-state index < -0.39 is 5.41 Å². The van der Waals surface area contributed by atoms with Crippen molar-refractivity contribution in [3.8, 4) is 0 Å². The monoisotopic (exact) mass is 208 g/mol. The van der Waals surface area contributed by atoms with Gasteiger partial charge in [-0.15, -0.1) is 6.58 Å². The van der Waals surface area contributed by atoms with Crippen molar-refractivity contribution in [1.29, 1.82) is 0 Å². The Labute approximate surface area is 89.5 Å². The van der Waals surface area contributed by atoms with Crippen LogP contribution in [0.1, 0.15) is 38.5 Å². The Hall–Kier alpha value is -1.12. The van der Waals surface area contributed by atoms with Crippen LogP contribution in [0, 0.1) is 11.3 Å². The Kier molecular flexibility index (Phi) is 2.63. The molecule has 1 unspecified atom stereocenters. The smallest absolute Gasteiger partial charge is 0.320 e. The van der Waals surface area contributed by atoms with Crippen LogP contribution in [0.15, 0.2) is 12.7 Å². The lowest BCUT2D eigenvalue weighted by Gasteiger charge is -2.28. The number of carbonyl (C=O) groups excluding carboxylic acids is 2. The molecule has 15 heavy (non-hydrogen) atoms. The third kappa shape index (κ3) is 1.60. The maximum atomic E-state index is 11.8. The van der Waals surface area contributed by atoms with Gasteiger partial charge in [-0.25, -0.2) is 0 Å². The lowest BCUT2D eigenvalue weighted by molar-refractivity contribution is -0.156. The first-order valence-electron chi connectivity index (χ1n) is 5.55. The van der Waals surface area contributed by atoms with Crippen LogP contribution in [-0.2, 0) is 14.3 Å². The van der Waals surface area contributed by atoms with Gasteiger partial charge in [0.05, 0.1) is 11.8 Å². The van der Waals surface area contributed by atoms with E-state index in [1.807, 2.05) is 0 Å². The molecule has 0 aromatic carbocycles. The maximum Gasteiger partial charge on any atom is 0.320 e. The lowest BCUT2D eigenvalue weighted by atomic mass is 9.71. The van der Waals surface area contributed by atoms with Gasteiger partial charge in [0.15, 0.2) is 0 Å². The summed E-state index contributed by atoms with van der Waals surface area (Å²) in [5.41, 5.74) is -0.574. The number of ether oxygens (including phenoxy) is 1. The minimum absolute atomic E-state index is 0.252. The van der Waals surface area contributed by atoms with Crippen LogP contribution in [0.2, 0.25) is 0 Å². The molecule has 0 amide bonds. The topological polar surface area (TPSA) is 43.4 Å². The number of rotatable bonds is 3. The summed E-state index contributed by atoms with van der Waals surface area (Å²) in [5, 5.41) is 0. The van der Waals surface area contributed by atoms with Crippen LogP contribution in [0.5, 0.6) is 0 Å². The summed E-state index contributed by atoms with van der Waals surface area (Å²) >= 11 is 0. The van der Waals surface area contributed by atoms with Crippen molar-refractivity contribution in [2.24, 2.45) is 11.3 Å². The molecule has 1 aliphatic heterocycles. The molecule has 0 bridgehead atoms. The van der Waals surface area contributed by atoms with Crippen molar-refractivity contribution in [2.75, 3.05) is 0 Å². The van der Waals surface area contributed by atoms with E-state index in [2.05, 4.69) is 6.58 Å². The van der Waals surface area contributed by atoms with E-state index in [-0.39, 0.29) is 18.4 Å². The number of carbonyl (C=O) groups is 2. The van der Waals surface area contributed by atoms with Crippen molar-refractivity contribution in [2.45, 2.75) is 38.5 Å². The Balaban J connectivity index is 2.26. The average Bonchev–Trinajstić information content (AvgIpc) is 2.76. The number of hydrogen-bond acceptors (Lipinski definition) is 3. The molecule has 0 N–H and O–H groups in total. The van der Waals surface area contributed by atoms with Gasteiger partial charge < -0.3 is 4.74 Å². The third-order valence-corrected chi connectivity index (χ3v) is 3.72. The molecule has 3 nitrogen and oxygen atoms in total. The lowest BCUT2D eigenvalue weighted by Crippen LogP contribution is -2.33. The fraction of sp³-hybridized carbons (Fsp3) is 0.667. The van der Waals surface area contributed by atoms with Crippen LogP contribution in [0.3, 0.4) is 0 Å². The number of hydrogen-bond donors (Lipinski definition) is 0. The molecule has 1 saturated carbocycles. The zero-order valence-corrected chi connectivity index (χ0v) is 8.83. The van der Waals surface area contributed by atoms with E-state index in [4.69, 9.17) is 4.74 Å². The third-order valence-electron chi connectivity index (χ3n) is 3.72. The predicted octanol–water partition coefficient (Wildman–Crippen LogP) is 2.21. The second kappa shape index (κ2) is 3.80. The molecule has 0 aromatic rings. The normalized spacial score (nSPS) is 32.0. The van der Waals surface area contributed by atoms with Gasteiger partial charge in [-0.05, 0) is 25.2 Å². The summed E-state index contributed by atoms with van der Waals surface area (Å²) in [6, 6.07) is 0. The first-order chi connectivity index (χ1) is 7.19. The molecule has 2 fully saturated rings. The summed E-state index contributed by atoms with van der Waals surface area (Å²) in [4.78, 5) is 23.0. The summed E-state index contributed by atoms with van der Waals surface area (Å²) in [6.45, 7) is 3.68. The standard InChI is InChI=1S/C12H16O3/c1-2-7-12(9-5-3-4-6-9)8-10(13)15-11(12)14/h2,9H,1,3-8H2. The van der Waals surface area contributed by atoms with Crippen LogP contribution in [-0.4, -0.2) is 11.9 Å². The fourth-order valence-corrected chi connectivity index (χ4v) is 2.94. The van der Waals surface area contributed by atoms with Crippen molar-refractivity contribution in [1.82, 2.24) is 0 Å². The molecule has 0 aromatic heterocycles. The Morgan fingerprint density at radius 1 is 1.40 bits per heavy atom.